The summed E-state index contributed by atoms with van der Waals surface area (Å²) < 4.78 is 6.50. The lowest BCUT2D eigenvalue weighted by Crippen LogP contribution is -3.15. The molecule has 0 atom stereocenters. The number of methoxy groups -OCH3 is 1. The lowest BCUT2D eigenvalue weighted by Gasteiger charge is -2.34. The number of nitrogens with one attached hydrogen (secondary N) is 1. The number of piperazine rings is 1. The molecule has 2 aromatic carbocycles. The molecule has 1 aliphatic heterocycles. The molecule has 0 aliphatic carbocycles. The van der Waals surface area contributed by atoms with E-state index in [0.29, 0.717) is 13.1 Å². The minimum atomic E-state index is 0.175. The van der Waals surface area contributed by atoms with E-state index in [-0.39, 0.29) is 5.91 Å². The molecule has 0 spiro atoms. The maximum atomic E-state index is 12.7. The van der Waals surface area contributed by atoms with Gasteiger partial charge in [0.1, 0.15) is 10.8 Å². The number of para-hydroxylation sites is 1. The zero-order chi connectivity index (χ0) is 20.2. The number of likely N-dealkylation sites (N-methyl/N-ethyl adjacent to an activating group) is 1. The maximum absolute atomic E-state index is 12.7. The van der Waals surface area contributed by atoms with E-state index in [1.807, 2.05) is 37.4 Å². The fourth-order valence-corrected chi connectivity index (χ4v) is 4.71. The van der Waals surface area contributed by atoms with Gasteiger partial charge in [-0.3, -0.25) is 4.79 Å². The van der Waals surface area contributed by atoms with Gasteiger partial charge in [0.05, 0.1) is 50.1 Å². The number of rotatable bonds is 6. The van der Waals surface area contributed by atoms with Gasteiger partial charge in [-0.2, -0.15) is 0 Å². The molecular formula is C22H27N4O2S+. The summed E-state index contributed by atoms with van der Waals surface area (Å²) in [5.41, 5.74) is 2.19. The summed E-state index contributed by atoms with van der Waals surface area (Å²) in [6, 6.07) is 16.3. The Bertz CT molecular complexity index is 949. The smallest absolute Gasteiger partial charge is 0.277 e. The van der Waals surface area contributed by atoms with Crippen LogP contribution in [0.1, 0.15) is 5.01 Å². The van der Waals surface area contributed by atoms with Crippen molar-refractivity contribution >= 4 is 33.1 Å². The molecule has 152 valence electrons. The number of benzene rings is 2. The second-order valence-corrected chi connectivity index (χ2v) is 8.56. The fraction of sp³-hybridized carbons (Fsp3) is 0.364. The van der Waals surface area contributed by atoms with Crippen molar-refractivity contribution < 1.29 is 14.4 Å². The Morgan fingerprint density at radius 3 is 2.76 bits per heavy atom. The molecule has 0 radical (unpaired) electrons. The molecule has 1 amide bonds. The van der Waals surface area contributed by atoms with Crippen molar-refractivity contribution in [2.24, 2.45) is 0 Å². The van der Waals surface area contributed by atoms with Crippen LogP contribution in [-0.4, -0.2) is 62.7 Å². The molecule has 1 fully saturated rings. The molecule has 1 N–H and O–H groups in total. The first-order chi connectivity index (χ1) is 14.1. The van der Waals surface area contributed by atoms with E-state index in [0.717, 1.165) is 42.5 Å². The first kappa shape index (κ1) is 19.7. The van der Waals surface area contributed by atoms with Crippen molar-refractivity contribution in [1.29, 1.82) is 0 Å². The van der Waals surface area contributed by atoms with Crippen LogP contribution in [0.4, 0.5) is 5.69 Å². The largest absolute Gasteiger partial charge is 0.497 e. The molecule has 4 rings (SSSR count). The number of hydrogen-bond acceptors (Lipinski definition) is 5. The number of aromatic nitrogens is 1. The molecular weight excluding hydrogens is 384 g/mol. The molecule has 3 aromatic rings. The van der Waals surface area contributed by atoms with Gasteiger partial charge < -0.3 is 19.4 Å². The van der Waals surface area contributed by atoms with Crippen LogP contribution in [-0.2, 0) is 11.3 Å². The van der Waals surface area contributed by atoms with Crippen LogP contribution in [0.15, 0.2) is 48.5 Å². The number of thiazole rings is 1. The van der Waals surface area contributed by atoms with Crippen molar-refractivity contribution in [3.63, 3.8) is 0 Å². The molecule has 29 heavy (non-hydrogen) atoms. The number of anilines is 1. The summed E-state index contributed by atoms with van der Waals surface area (Å²) in [5, 5.41) is 0.986. The Hall–Kier alpha value is -2.64. The molecule has 2 heterocycles. The first-order valence-electron chi connectivity index (χ1n) is 9.93. The van der Waals surface area contributed by atoms with Crippen LogP contribution in [0, 0.1) is 0 Å². The highest BCUT2D eigenvalue weighted by Gasteiger charge is 2.24. The van der Waals surface area contributed by atoms with E-state index in [4.69, 9.17) is 4.74 Å². The van der Waals surface area contributed by atoms with Crippen molar-refractivity contribution in [2.75, 3.05) is 51.8 Å². The zero-order valence-corrected chi connectivity index (χ0v) is 17.7. The Labute approximate surface area is 175 Å². The molecule has 0 saturated carbocycles. The molecule has 7 heteroatoms. The Kier molecular flexibility index (Phi) is 5.97. The van der Waals surface area contributed by atoms with Crippen LogP contribution in [0.25, 0.3) is 10.2 Å². The molecule has 6 nitrogen and oxygen atoms in total. The molecule has 1 saturated heterocycles. The summed E-state index contributed by atoms with van der Waals surface area (Å²) in [5.74, 6) is 1.05. The average molecular weight is 412 g/mol. The number of quaternary nitrogens is 1. The number of amides is 1. The molecule has 0 bridgehead atoms. The Morgan fingerprint density at radius 1 is 1.21 bits per heavy atom. The third kappa shape index (κ3) is 4.68. The number of hydrogen-bond donors (Lipinski definition) is 1. The van der Waals surface area contributed by atoms with Crippen LogP contribution < -0.4 is 14.5 Å². The fourth-order valence-electron chi connectivity index (χ4n) is 3.69. The van der Waals surface area contributed by atoms with E-state index in [1.165, 1.54) is 15.3 Å². The summed E-state index contributed by atoms with van der Waals surface area (Å²) >= 11 is 1.66. The van der Waals surface area contributed by atoms with Gasteiger partial charge in [-0.15, -0.1) is 11.3 Å². The lowest BCUT2D eigenvalue weighted by molar-refractivity contribution is -0.892. The average Bonchev–Trinajstić information content (AvgIpc) is 3.16. The predicted molar refractivity (Wildman–Crippen MR) is 117 cm³/mol. The number of carbonyl (C=O) groups is 1. The second-order valence-electron chi connectivity index (χ2n) is 7.44. The summed E-state index contributed by atoms with van der Waals surface area (Å²) in [4.78, 5) is 22.9. The Morgan fingerprint density at radius 2 is 2.00 bits per heavy atom. The third-order valence-electron chi connectivity index (χ3n) is 5.43. The second kappa shape index (κ2) is 8.80. The van der Waals surface area contributed by atoms with E-state index in [1.54, 1.807) is 23.3 Å². The number of fused-ring (bicyclic) bond motifs is 1. The van der Waals surface area contributed by atoms with Crippen molar-refractivity contribution in [1.82, 2.24) is 9.88 Å². The first-order valence-corrected chi connectivity index (χ1v) is 10.7. The number of carbonyl (C=O) groups excluding carboxylic acids is 1. The van der Waals surface area contributed by atoms with E-state index < -0.39 is 0 Å². The Balaban J connectivity index is 1.28. The van der Waals surface area contributed by atoms with Gasteiger partial charge in [-0.05, 0) is 24.3 Å². The van der Waals surface area contributed by atoms with Crippen molar-refractivity contribution in [3.8, 4) is 5.75 Å². The lowest BCUT2D eigenvalue weighted by atomic mass is 10.2. The van der Waals surface area contributed by atoms with Gasteiger partial charge >= 0.3 is 0 Å². The molecule has 0 unspecified atom stereocenters. The van der Waals surface area contributed by atoms with Gasteiger partial charge in [-0.1, -0.05) is 18.2 Å². The SMILES string of the molecule is COc1cccc(N2CC[NH+](CC(=O)N(C)Cc3nc4ccccc4s3)CC2)c1. The van der Waals surface area contributed by atoms with Gasteiger partial charge in [0.25, 0.3) is 5.91 Å². The summed E-state index contributed by atoms with van der Waals surface area (Å²) in [6.45, 7) is 4.90. The normalized spacial score (nSPS) is 14.9. The van der Waals surface area contributed by atoms with Crippen LogP contribution in [0.3, 0.4) is 0 Å². The van der Waals surface area contributed by atoms with E-state index in [9.17, 15) is 4.79 Å². The maximum Gasteiger partial charge on any atom is 0.277 e. The van der Waals surface area contributed by atoms with Crippen LogP contribution in [0.5, 0.6) is 5.75 Å². The quantitative estimate of drug-likeness (QED) is 0.671. The van der Waals surface area contributed by atoms with E-state index >= 15 is 0 Å². The van der Waals surface area contributed by atoms with Crippen molar-refractivity contribution in [2.45, 2.75) is 6.54 Å². The van der Waals surface area contributed by atoms with Crippen LogP contribution >= 0.6 is 11.3 Å². The summed E-state index contributed by atoms with van der Waals surface area (Å²) in [6.07, 6.45) is 0. The van der Waals surface area contributed by atoms with Gasteiger partial charge in [0.2, 0.25) is 0 Å². The highest BCUT2D eigenvalue weighted by molar-refractivity contribution is 7.18. The highest BCUT2D eigenvalue weighted by atomic mass is 32.1. The van der Waals surface area contributed by atoms with Crippen LogP contribution in [0.2, 0.25) is 0 Å². The van der Waals surface area contributed by atoms with E-state index in [2.05, 4.69) is 28.1 Å². The molecule has 1 aliphatic rings. The van der Waals surface area contributed by atoms with Gasteiger partial charge in [0.15, 0.2) is 6.54 Å². The topological polar surface area (TPSA) is 50.1 Å². The zero-order valence-electron chi connectivity index (χ0n) is 16.9. The monoisotopic (exact) mass is 411 g/mol. The number of nitrogens with zero attached hydrogens (tertiary/aromatic N) is 3. The standard InChI is InChI=1S/C22H26N4O2S/c1-24(15-21-23-19-8-3-4-9-20(19)29-21)22(27)16-25-10-12-26(13-11-25)17-6-5-7-18(14-17)28-2/h3-9,14H,10-13,15-16H2,1-2H3/p+1. The predicted octanol–water partition coefficient (Wildman–Crippen LogP) is 1.67. The van der Waals surface area contributed by atoms with Crippen molar-refractivity contribution in [3.05, 3.63) is 53.5 Å². The van der Waals surface area contributed by atoms with Gasteiger partial charge in [-0.25, -0.2) is 4.98 Å². The minimum absolute atomic E-state index is 0.175. The van der Waals surface area contributed by atoms with Gasteiger partial charge in [0, 0.05) is 18.8 Å². The third-order valence-corrected chi connectivity index (χ3v) is 6.45. The summed E-state index contributed by atoms with van der Waals surface area (Å²) in [7, 11) is 3.57. The number of ether oxygens (including phenoxy) is 1. The minimum Gasteiger partial charge on any atom is -0.497 e. The highest BCUT2D eigenvalue weighted by Crippen LogP contribution is 2.22. The molecule has 1 aromatic heterocycles.